The van der Waals surface area contributed by atoms with E-state index in [0.717, 1.165) is 0 Å². The molecule has 2 aromatic rings. The van der Waals surface area contributed by atoms with Crippen LogP contribution < -0.4 is 10.1 Å². The van der Waals surface area contributed by atoms with Gasteiger partial charge in [0, 0.05) is 23.5 Å². The molecule has 0 saturated carbocycles. The third-order valence-corrected chi connectivity index (χ3v) is 3.79. The van der Waals surface area contributed by atoms with Gasteiger partial charge in [-0.15, -0.1) is 0 Å². The number of nitrogens with one attached hydrogen (secondary N) is 1. The molecule has 2 aromatic carbocycles. The fourth-order valence-electron chi connectivity index (χ4n) is 2.64. The second kappa shape index (κ2) is 7.87. The summed E-state index contributed by atoms with van der Waals surface area (Å²) in [7, 11) is 0. The maximum absolute atomic E-state index is 12.1. The highest BCUT2D eigenvalue weighted by Gasteiger charge is 2.30. The van der Waals surface area contributed by atoms with E-state index >= 15 is 0 Å². The highest BCUT2D eigenvalue weighted by atomic mass is 16.7. The number of amides is 1. The Hall–Kier alpha value is -3.77. The van der Waals surface area contributed by atoms with E-state index < -0.39 is 11.9 Å². The van der Waals surface area contributed by atoms with Crippen molar-refractivity contribution in [3.05, 3.63) is 82.4 Å². The lowest BCUT2D eigenvalue weighted by atomic mass is 9.86. The van der Waals surface area contributed by atoms with E-state index in [9.17, 15) is 9.59 Å². The number of para-hydroxylation sites is 1. The fraction of sp³-hybridized carbons (Fsp3) is 0.111. The number of rotatable bonds is 5. The van der Waals surface area contributed by atoms with Crippen LogP contribution in [0.4, 0.5) is 0 Å². The van der Waals surface area contributed by atoms with Crippen molar-refractivity contribution in [2.24, 2.45) is 5.28 Å². The van der Waals surface area contributed by atoms with Crippen molar-refractivity contribution in [2.75, 3.05) is 0 Å². The minimum absolute atomic E-state index is 0.0615. The molecule has 0 radical (unpaired) electrons. The number of carbonyl (C=O) groups is 2. The average Bonchev–Trinajstić information content (AvgIpc) is 2.67. The van der Waals surface area contributed by atoms with Crippen molar-refractivity contribution >= 4 is 11.9 Å². The Morgan fingerprint density at radius 2 is 1.92 bits per heavy atom. The number of hydrogen-bond acceptors (Lipinski definition) is 5. The third-order valence-electron chi connectivity index (χ3n) is 3.79. The Balaban J connectivity index is 1.88. The van der Waals surface area contributed by atoms with Crippen LogP contribution in [-0.4, -0.2) is 11.9 Å². The SMILES string of the molecule is [N-]=[N+]=NOC(=O)C1=CNC(=O)CC1c1cccc(Oc2ccccc2)c1. The summed E-state index contributed by atoms with van der Waals surface area (Å²) in [4.78, 5) is 30.7. The minimum atomic E-state index is -0.817. The van der Waals surface area contributed by atoms with Crippen molar-refractivity contribution in [1.29, 1.82) is 0 Å². The van der Waals surface area contributed by atoms with Crippen molar-refractivity contribution < 1.29 is 19.2 Å². The highest BCUT2D eigenvalue weighted by molar-refractivity contribution is 5.94. The second-order valence-electron chi connectivity index (χ2n) is 5.46. The van der Waals surface area contributed by atoms with Gasteiger partial charge in [-0.2, -0.15) is 0 Å². The van der Waals surface area contributed by atoms with Crippen LogP contribution in [0.3, 0.4) is 0 Å². The Labute approximate surface area is 148 Å². The van der Waals surface area contributed by atoms with E-state index in [-0.39, 0.29) is 17.9 Å². The highest BCUT2D eigenvalue weighted by Crippen LogP contribution is 2.33. The summed E-state index contributed by atoms with van der Waals surface area (Å²) in [6, 6.07) is 16.3. The van der Waals surface area contributed by atoms with Crippen molar-refractivity contribution in [3.63, 3.8) is 0 Å². The van der Waals surface area contributed by atoms with Gasteiger partial charge in [0.1, 0.15) is 16.8 Å². The zero-order valence-corrected chi connectivity index (χ0v) is 13.5. The molecule has 1 unspecified atom stereocenters. The van der Waals surface area contributed by atoms with Gasteiger partial charge in [0.2, 0.25) is 5.91 Å². The molecule has 1 aliphatic rings. The zero-order valence-electron chi connectivity index (χ0n) is 13.5. The molecule has 3 rings (SSSR count). The molecule has 8 nitrogen and oxygen atoms in total. The van der Waals surface area contributed by atoms with Crippen LogP contribution in [0.25, 0.3) is 10.4 Å². The summed E-state index contributed by atoms with van der Waals surface area (Å²) in [6.07, 6.45) is 1.34. The van der Waals surface area contributed by atoms with Crippen LogP contribution in [-0.2, 0) is 14.4 Å². The second-order valence-corrected chi connectivity index (χ2v) is 5.46. The predicted octanol–water partition coefficient (Wildman–Crippen LogP) is 3.73. The van der Waals surface area contributed by atoms with Crippen molar-refractivity contribution in [3.8, 4) is 11.5 Å². The molecule has 0 saturated heterocycles. The van der Waals surface area contributed by atoms with E-state index in [0.29, 0.717) is 17.1 Å². The number of nitrogens with zero attached hydrogens (tertiary/aromatic N) is 3. The molecule has 1 heterocycles. The van der Waals surface area contributed by atoms with Crippen molar-refractivity contribution in [2.45, 2.75) is 12.3 Å². The zero-order chi connectivity index (χ0) is 18.4. The molecule has 8 heteroatoms. The summed E-state index contributed by atoms with van der Waals surface area (Å²) < 4.78 is 5.79. The van der Waals surface area contributed by atoms with E-state index in [1.54, 1.807) is 24.3 Å². The van der Waals surface area contributed by atoms with Gasteiger partial charge in [-0.1, -0.05) is 30.3 Å². The van der Waals surface area contributed by atoms with Crippen LogP contribution in [0.15, 0.2) is 71.6 Å². The third kappa shape index (κ3) is 4.00. The maximum Gasteiger partial charge on any atom is 0.347 e. The number of azide groups is 1. The van der Waals surface area contributed by atoms with Gasteiger partial charge in [0.05, 0.1) is 5.57 Å². The number of carbonyl (C=O) groups excluding carboxylic acids is 2. The molecule has 0 aromatic heterocycles. The van der Waals surface area contributed by atoms with Crippen LogP contribution in [0.1, 0.15) is 17.9 Å². The van der Waals surface area contributed by atoms with Gasteiger partial charge < -0.3 is 14.9 Å². The molecule has 130 valence electrons. The molecule has 0 aliphatic carbocycles. The lowest BCUT2D eigenvalue weighted by Gasteiger charge is -2.23. The average molecular weight is 350 g/mol. The van der Waals surface area contributed by atoms with Crippen molar-refractivity contribution in [1.82, 2.24) is 5.32 Å². The molecular formula is C18H14N4O4. The van der Waals surface area contributed by atoms with Crippen LogP contribution in [0.2, 0.25) is 0 Å². The van der Waals surface area contributed by atoms with Crippen LogP contribution in [0.5, 0.6) is 11.5 Å². The van der Waals surface area contributed by atoms with Gasteiger partial charge in [0.25, 0.3) is 0 Å². The minimum Gasteiger partial charge on any atom is -0.457 e. The Bertz CT molecular complexity index is 904. The molecule has 0 bridgehead atoms. The van der Waals surface area contributed by atoms with Gasteiger partial charge in [-0.3, -0.25) is 4.79 Å². The fourth-order valence-corrected chi connectivity index (χ4v) is 2.64. The summed E-state index contributed by atoms with van der Waals surface area (Å²) in [5.74, 6) is -0.344. The molecule has 0 fully saturated rings. The first kappa shape index (κ1) is 17.1. The van der Waals surface area contributed by atoms with E-state index in [1.165, 1.54) is 6.20 Å². The first-order chi connectivity index (χ1) is 12.7. The molecule has 1 N–H and O–H groups in total. The topological polar surface area (TPSA) is 113 Å². The number of hydrogen-bond donors (Lipinski definition) is 1. The first-order valence-electron chi connectivity index (χ1n) is 7.75. The maximum atomic E-state index is 12.1. The molecule has 1 atom stereocenters. The Morgan fingerprint density at radius 3 is 2.69 bits per heavy atom. The van der Waals surface area contributed by atoms with Gasteiger partial charge in [-0.05, 0) is 35.4 Å². The smallest absolute Gasteiger partial charge is 0.347 e. The first-order valence-corrected chi connectivity index (χ1v) is 7.75. The van der Waals surface area contributed by atoms with Crippen LogP contribution >= 0.6 is 0 Å². The molecule has 1 aliphatic heterocycles. The summed E-state index contributed by atoms with van der Waals surface area (Å²) >= 11 is 0. The molecular weight excluding hydrogens is 336 g/mol. The molecule has 26 heavy (non-hydrogen) atoms. The standard InChI is InChI=1S/C18H14N4O4/c19-21-22-26-18(24)16-11-20-17(23)10-15(16)12-5-4-8-14(9-12)25-13-6-2-1-3-7-13/h1-9,11,15H,10H2,(H,20,23). The van der Waals surface area contributed by atoms with E-state index in [1.807, 2.05) is 30.3 Å². The summed E-state index contributed by atoms with van der Waals surface area (Å²) in [6.45, 7) is 0. The summed E-state index contributed by atoms with van der Waals surface area (Å²) in [5, 5.41) is 5.30. The van der Waals surface area contributed by atoms with E-state index in [4.69, 9.17) is 10.3 Å². The van der Waals surface area contributed by atoms with Crippen LogP contribution in [0, 0.1) is 0 Å². The molecule has 0 spiro atoms. The normalized spacial score (nSPS) is 15.9. The monoisotopic (exact) mass is 350 g/mol. The summed E-state index contributed by atoms with van der Waals surface area (Å²) in [5.41, 5.74) is 9.19. The lowest BCUT2D eigenvalue weighted by molar-refractivity contribution is -0.139. The van der Waals surface area contributed by atoms with Gasteiger partial charge in [0.15, 0.2) is 0 Å². The number of ether oxygens (including phenoxy) is 1. The Morgan fingerprint density at radius 1 is 1.15 bits per heavy atom. The van der Waals surface area contributed by atoms with E-state index in [2.05, 4.69) is 20.3 Å². The lowest BCUT2D eigenvalue weighted by Crippen LogP contribution is -2.30. The van der Waals surface area contributed by atoms with Gasteiger partial charge in [-0.25, -0.2) is 4.79 Å². The largest absolute Gasteiger partial charge is 0.457 e. The quantitative estimate of drug-likeness (QED) is 0.383. The van der Waals surface area contributed by atoms with Gasteiger partial charge >= 0.3 is 5.97 Å². The molecule has 1 amide bonds. The Kier molecular flexibility index (Phi) is 5.16. The number of benzene rings is 2. The predicted molar refractivity (Wildman–Crippen MR) is 91.8 cm³/mol.